The van der Waals surface area contributed by atoms with Gasteiger partial charge in [0, 0.05) is 19.6 Å². The molecule has 0 bridgehead atoms. The lowest BCUT2D eigenvalue weighted by Gasteiger charge is -2.38. The highest BCUT2D eigenvalue weighted by Crippen LogP contribution is 2.18. The van der Waals surface area contributed by atoms with E-state index < -0.39 is 21.8 Å². The van der Waals surface area contributed by atoms with Gasteiger partial charge >= 0.3 is 12.0 Å². The van der Waals surface area contributed by atoms with Crippen LogP contribution in [0, 0.1) is 0 Å². The van der Waals surface area contributed by atoms with Gasteiger partial charge in [-0.05, 0) is 6.42 Å². The highest BCUT2D eigenvalue weighted by molar-refractivity contribution is 7.91. The van der Waals surface area contributed by atoms with Crippen LogP contribution < -0.4 is 0 Å². The maximum atomic E-state index is 12.4. The number of urea groups is 1. The summed E-state index contributed by atoms with van der Waals surface area (Å²) in [5.74, 6) is -1.46. The summed E-state index contributed by atoms with van der Waals surface area (Å²) in [6.45, 7) is 1.14. The number of hydrogen-bond acceptors (Lipinski definition) is 4. The summed E-state index contributed by atoms with van der Waals surface area (Å²) in [5.41, 5.74) is 0. The lowest BCUT2D eigenvalue weighted by Crippen LogP contribution is -2.56. The molecule has 0 aliphatic carbocycles. The molecule has 1 atom stereocenters. The predicted molar refractivity (Wildman–Crippen MR) is 72.1 cm³/mol. The molecule has 2 heterocycles. The Bertz CT molecular complexity index is 528. The Balaban J connectivity index is 2.12. The second-order valence-corrected chi connectivity index (χ2v) is 7.28. The van der Waals surface area contributed by atoms with Crippen molar-refractivity contribution in [3.8, 4) is 0 Å². The van der Waals surface area contributed by atoms with Crippen LogP contribution in [0.3, 0.4) is 0 Å². The summed E-state index contributed by atoms with van der Waals surface area (Å²) in [7, 11) is -3.26. The lowest BCUT2D eigenvalue weighted by molar-refractivity contribution is -0.138. The van der Waals surface area contributed by atoms with Crippen LogP contribution in [0.5, 0.6) is 0 Å². The van der Waals surface area contributed by atoms with Crippen LogP contribution in [0.1, 0.15) is 12.8 Å². The van der Waals surface area contributed by atoms with E-state index in [9.17, 15) is 18.0 Å². The number of hydrogen-bond donors (Lipinski definition) is 1. The van der Waals surface area contributed by atoms with Gasteiger partial charge in [0.25, 0.3) is 0 Å². The number of rotatable bonds is 2. The molecule has 0 aromatic heterocycles. The van der Waals surface area contributed by atoms with Gasteiger partial charge in [0.1, 0.15) is 0 Å². The van der Waals surface area contributed by atoms with Crippen molar-refractivity contribution in [3.63, 3.8) is 0 Å². The Kier molecular flexibility index (Phi) is 4.32. The summed E-state index contributed by atoms with van der Waals surface area (Å²) in [4.78, 5) is 26.3. The third-order valence-corrected chi connectivity index (χ3v) is 5.21. The molecule has 0 aromatic carbocycles. The molecule has 1 fully saturated rings. The smallest absolute Gasteiger partial charge is 0.320 e. The second-order valence-electron chi connectivity index (χ2n) is 5.05. The first-order valence-electron chi connectivity index (χ1n) is 6.52. The number of amides is 2. The van der Waals surface area contributed by atoms with Crippen molar-refractivity contribution in [2.75, 3.05) is 31.1 Å². The van der Waals surface area contributed by atoms with Crippen LogP contribution in [-0.2, 0) is 14.6 Å². The molecule has 0 spiro atoms. The van der Waals surface area contributed by atoms with E-state index >= 15 is 0 Å². The van der Waals surface area contributed by atoms with Crippen molar-refractivity contribution in [1.29, 1.82) is 0 Å². The minimum atomic E-state index is -3.26. The SMILES string of the molecule is O=C(O)CC1CS(=O)(=O)CCN1C(=O)N1CC=CCC1. The standard InChI is InChI=1S/C12H18N2O5S/c15-11(16)8-10-9-20(18,19)7-6-14(10)12(17)13-4-2-1-3-5-13/h1-2,10H,3-9H2,(H,15,16). The van der Waals surface area contributed by atoms with Crippen molar-refractivity contribution < 1.29 is 23.1 Å². The van der Waals surface area contributed by atoms with Crippen molar-refractivity contribution >= 4 is 21.8 Å². The zero-order valence-corrected chi connectivity index (χ0v) is 11.9. The average molecular weight is 302 g/mol. The van der Waals surface area contributed by atoms with Gasteiger partial charge < -0.3 is 14.9 Å². The van der Waals surface area contributed by atoms with Gasteiger partial charge in [-0.1, -0.05) is 12.2 Å². The molecule has 2 amide bonds. The van der Waals surface area contributed by atoms with Crippen molar-refractivity contribution in [2.45, 2.75) is 18.9 Å². The van der Waals surface area contributed by atoms with E-state index in [4.69, 9.17) is 5.11 Å². The first-order chi connectivity index (χ1) is 9.39. The first-order valence-corrected chi connectivity index (χ1v) is 8.34. The van der Waals surface area contributed by atoms with Gasteiger partial charge in [0.05, 0.1) is 24.0 Å². The number of carboxylic acid groups (broad SMARTS) is 1. The van der Waals surface area contributed by atoms with Crippen molar-refractivity contribution in [2.24, 2.45) is 0 Å². The fourth-order valence-corrected chi connectivity index (χ4v) is 4.03. The van der Waals surface area contributed by atoms with Crippen LogP contribution >= 0.6 is 0 Å². The number of carbonyl (C=O) groups is 2. The number of sulfone groups is 1. The molecular formula is C12H18N2O5S. The quantitative estimate of drug-likeness (QED) is 0.721. The third kappa shape index (κ3) is 3.50. The average Bonchev–Trinajstić information content (AvgIpc) is 2.37. The number of carboxylic acids is 1. The molecule has 0 radical (unpaired) electrons. The van der Waals surface area contributed by atoms with E-state index in [1.165, 1.54) is 4.90 Å². The molecule has 0 saturated carbocycles. The summed E-state index contributed by atoms with van der Waals surface area (Å²) in [5, 5.41) is 8.89. The molecule has 1 saturated heterocycles. The van der Waals surface area contributed by atoms with E-state index in [1.54, 1.807) is 4.90 Å². The minimum Gasteiger partial charge on any atom is -0.481 e. The van der Waals surface area contributed by atoms with Crippen molar-refractivity contribution in [1.82, 2.24) is 9.80 Å². The number of carbonyl (C=O) groups excluding carboxylic acids is 1. The lowest BCUT2D eigenvalue weighted by atomic mass is 10.2. The molecule has 2 aliphatic heterocycles. The maximum absolute atomic E-state index is 12.4. The highest BCUT2D eigenvalue weighted by atomic mass is 32.2. The summed E-state index contributed by atoms with van der Waals surface area (Å²) in [6.07, 6.45) is 4.30. The largest absolute Gasteiger partial charge is 0.481 e. The monoisotopic (exact) mass is 302 g/mol. The Morgan fingerprint density at radius 2 is 2.00 bits per heavy atom. The van der Waals surface area contributed by atoms with Gasteiger partial charge in [-0.2, -0.15) is 0 Å². The molecule has 2 rings (SSSR count). The predicted octanol–water partition coefficient (Wildman–Crippen LogP) is -0.0580. The zero-order chi connectivity index (χ0) is 14.8. The molecule has 8 heteroatoms. The molecule has 1 N–H and O–H groups in total. The molecule has 2 aliphatic rings. The molecule has 20 heavy (non-hydrogen) atoms. The van der Waals surface area contributed by atoms with E-state index in [2.05, 4.69) is 0 Å². The number of nitrogens with zero attached hydrogens (tertiary/aromatic N) is 2. The fourth-order valence-electron chi connectivity index (χ4n) is 2.51. The third-order valence-electron chi connectivity index (χ3n) is 3.51. The van der Waals surface area contributed by atoms with Gasteiger partial charge in [-0.3, -0.25) is 4.79 Å². The Morgan fingerprint density at radius 1 is 1.25 bits per heavy atom. The van der Waals surface area contributed by atoms with E-state index in [0.717, 1.165) is 6.42 Å². The van der Waals surface area contributed by atoms with E-state index in [1.807, 2.05) is 12.2 Å². The summed E-state index contributed by atoms with van der Waals surface area (Å²) in [6, 6.07) is -1.04. The Labute approximate surface area is 117 Å². The first kappa shape index (κ1) is 14.8. The summed E-state index contributed by atoms with van der Waals surface area (Å²) >= 11 is 0. The van der Waals surface area contributed by atoms with Gasteiger partial charge in [-0.25, -0.2) is 13.2 Å². The second kappa shape index (κ2) is 5.82. The van der Waals surface area contributed by atoms with Gasteiger partial charge in [0.2, 0.25) is 0 Å². The van der Waals surface area contributed by atoms with Gasteiger partial charge in [-0.15, -0.1) is 0 Å². The molecule has 1 unspecified atom stereocenters. The maximum Gasteiger partial charge on any atom is 0.320 e. The highest BCUT2D eigenvalue weighted by Gasteiger charge is 2.37. The number of aliphatic carboxylic acids is 1. The van der Waals surface area contributed by atoms with Crippen LogP contribution in [0.4, 0.5) is 4.79 Å². The van der Waals surface area contributed by atoms with E-state index in [-0.39, 0.29) is 30.5 Å². The van der Waals surface area contributed by atoms with Gasteiger partial charge in [0.15, 0.2) is 9.84 Å². The minimum absolute atomic E-state index is 0.0688. The van der Waals surface area contributed by atoms with Crippen LogP contribution in [0.2, 0.25) is 0 Å². The van der Waals surface area contributed by atoms with Crippen LogP contribution in [-0.4, -0.2) is 72.5 Å². The molecular weight excluding hydrogens is 284 g/mol. The molecule has 7 nitrogen and oxygen atoms in total. The molecule has 112 valence electrons. The van der Waals surface area contributed by atoms with Crippen molar-refractivity contribution in [3.05, 3.63) is 12.2 Å². The van der Waals surface area contributed by atoms with Crippen LogP contribution in [0.15, 0.2) is 12.2 Å². The normalized spacial score (nSPS) is 25.5. The topological polar surface area (TPSA) is 95.0 Å². The fraction of sp³-hybridized carbons (Fsp3) is 0.667. The molecule has 0 aromatic rings. The zero-order valence-electron chi connectivity index (χ0n) is 11.1. The Hall–Kier alpha value is -1.57. The van der Waals surface area contributed by atoms with E-state index in [0.29, 0.717) is 13.1 Å². The Morgan fingerprint density at radius 3 is 2.60 bits per heavy atom. The summed E-state index contributed by atoms with van der Waals surface area (Å²) < 4.78 is 23.3. The van der Waals surface area contributed by atoms with Crippen LogP contribution in [0.25, 0.3) is 0 Å².